The molecular weight excluding hydrogens is 284 g/mol. The zero-order valence-corrected chi connectivity index (χ0v) is 11.2. The summed E-state index contributed by atoms with van der Waals surface area (Å²) >= 11 is 3.48. The number of carboxylic acids is 1. The van der Waals surface area contributed by atoms with Crippen LogP contribution >= 0.6 is 15.9 Å². The first kappa shape index (κ1) is 12.4. The molecule has 1 aromatic rings. The first-order valence-corrected chi connectivity index (χ1v) is 6.35. The smallest absolute Gasteiger partial charge is 0.327 e. The number of piperazine rings is 1. The molecule has 2 N–H and O–H groups in total. The van der Waals surface area contributed by atoms with Crippen molar-refractivity contribution in [1.82, 2.24) is 5.32 Å². The van der Waals surface area contributed by atoms with Crippen LogP contribution in [0.2, 0.25) is 0 Å². The van der Waals surface area contributed by atoms with Crippen molar-refractivity contribution >= 4 is 27.6 Å². The highest BCUT2D eigenvalue weighted by molar-refractivity contribution is 9.10. The second-order valence-electron chi connectivity index (χ2n) is 4.19. The number of carbonyl (C=O) groups is 1. The van der Waals surface area contributed by atoms with Gasteiger partial charge in [0.1, 0.15) is 6.04 Å². The quantitative estimate of drug-likeness (QED) is 0.871. The van der Waals surface area contributed by atoms with Gasteiger partial charge < -0.3 is 15.3 Å². The number of rotatable bonds is 2. The molecule has 5 heteroatoms. The second-order valence-corrected chi connectivity index (χ2v) is 5.04. The van der Waals surface area contributed by atoms with E-state index in [-0.39, 0.29) is 0 Å². The van der Waals surface area contributed by atoms with Crippen molar-refractivity contribution in [3.8, 4) is 0 Å². The number of aryl methyl sites for hydroxylation is 1. The van der Waals surface area contributed by atoms with Crippen molar-refractivity contribution in [2.24, 2.45) is 0 Å². The van der Waals surface area contributed by atoms with E-state index in [1.165, 1.54) is 0 Å². The molecule has 1 atom stereocenters. The van der Waals surface area contributed by atoms with Crippen LogP contribution in [0.15, 0.2) is 22.7 Å². The van der Waals surface area contributed by atoms with E-state index in [9.17, 15) is 9.90 Å². The van der Waals surface area contributed by atoms with E-state index in [0.717, 1.165) is 22.3 Å². The highest BCUT2D eigenvalue weighted by Gasteiger charge is 2.28. The molecule has 1 fully saturated rings. The van der Waals surface area contributed by atoms with Crippen LogP contribution in [0.4, 0.5) is 5.69 Å². The van der Waals surface area contributed by atoms with E-state index < -0.39 is 12.0 Å². The van der Waals surface area contributed by atoms with Gasteiger partial charge in [0.15, 0.2) is 0 Å². The van der Waals surface area contributed by atoms with Crippen LogP contribution < -0.4 is 10.2 Å². The van der Waals surface area contributed by atoms with Gasteiger partial charge in [-0.05, 0) is 24.6 Å². The van der Waals surface area contributed by atoms with Gasteiger partial charge in [0, 0.05) is 29.8 Å². The number of anilines is 1. The van der Waals surface area contributed by atoms with Gasteiger partial charge in [-0.1, -0.05) is 22.0 Å². The standard InChI is InChI=1S/C12H15BrN2O2/c1-8-2-3-9(6-10(8)13)15-5-4-14-7-11(15)12(16)17/h2-3,6,11,14H,4-5,7H2,1H3,(H,16,17). The van der Waals surface area contributed by atoms with Crippen molar-refractivity contribution in [1.29, 1.82) is 0 Å². The van der Waals surface area contributed by atoms with Crippen LogP contribution in [0.25, 0.3) is 0 Å². The molecule has 1 heterocycles. The Hall–Kier alpha value is -1.07. The molecule has 92 valence electrons. The van der Waals surface area contributed by atoms with E-state index in [4.69, 9.17) is 0 Å². The van der Waals surface area contributed by atoms with Gasteiger partial charge in [-0.15, -0.1) is 0 Å². The molecule has 0 radical (unpaired) electrons. The van der Waals surface area contributed by atoms with E-state index >= 15 is 0 Å². The van der Waals surface area contributed by atoms with Crippen LogP contribution in [0.1, 0.15) is 5.56 Å². The average Bonchev–Trinajstić information content (AvgIpc) is 2.32. The normalized spacial score (nSPS) is 20.4. The summed E-state index contributed by atoms with van der Waals surface area (Å²) in [4.78, 5) is 13.1. The lowest BCUT2D eigenvalue weighted by Gasteiger charge is -2.35. The van der Waals surface area contributed by atoms with Gasteiger partial charge >= 0.3 is 5.97 Å². The fraction of sp³-hybridized carbons (Fsp3) is 0.417. The fourth-order valence-electron chi connectivity index (χ4n) is 1.99. The van der Waals surface area contributed by atoms with Crippen molar-refractivity contribution in [3.05, 3.63) is 28.2 Å². The zero-order chi connectivity index (χ0) is 12.4. The number of benzene rings is 1. The first-order chi connectivity index (χ1) is 8.09. The molecular formula is C12H15BrN2O2. The summed E-state index contributed by atoms with van der Waals surface area (Å²) < 4.78 is 1.01. The summed E-state index contributed by atoms with van der Waals surface area (Å²) in [5.41, 5.74) is 2.10. The molecule has 0 bridgehead atoms. The summed E-state index contributed by atoms with van der Waals surface area (Å²) in [7, 11) is 0. The monoisotopic (exact) mass is 298 g/mol. The Bertz CT molecular complexity index is 437. The number of aliphatic carboxylic acids is 1. The van der Waals surface area contributed by atoms with E-state index in [1.54, 1.807) is 0 Å². The number of nitrogens with zero attached hydrogens (tertiary/aromatic N) is 1. The van der Waals surface area contributed by atoms with Gasteiger partial charge in [0.2, 0.25) is 0 Å². The fourth-order valence-corrected chi connectivity index (χ4v) is 2.36. The number of hydrogen-bond donors (Lipinski definition) is 2. The van der Waals surface area contributed by atoms with Crippen molar-refractivity contribution in [2.45, 2.75) is 13.0 Å². The number of hydrogen-bond acceptors (Lipinski definition) is 3. The third-order valence-electron chi connectivity index (χ3n) is 3.02. The molecule has 2 rings (SSSR count). The SMILES string of the molecule is Cc1ccc(N2CCNCC2C(=O)O)cc1Br. The molecule has 1 aliphatic rings. The second kappa shape index (κ2) is 5.06. The van der Waals surface area contributed by atoms with Crippen LogP contribution in [-0.4, -0.2) is 36.8 Å². The number of nitrogens with one attached hydrogen (secondary N) is 1. The Kier molecular flexibility index (Phi) is 3.69. The summed E-state index contributed by atoms with van der Waals surface area (Å²) in [5, 5.41) is 12.3. The summed E-state index contributed by atoms with van der Waals surface area (Å²) in [6, 6.07) is 5.47. The first-order valence-electron chi connectivity index (χ1n) is 5.56. The predicted molar refractivity (Wildman–Crippen MR) is 70.5 cm³/mol. The van der Waals surface area contributed by atoms with Gasteiger partial charge in [0.25, 0.3) is 0 Å². The van der Waals surface area contributed by atoms with E-state index in [0.29, 0.717) is 13.1 Å². The summed E-state index contributed by atoms with van der Waals surface area (Å²) in [5.74, 6) is -0.783. The Morgan fingerprint density at radius 3 is 3.00 bits per heavy atom. The summed E-state index contributed by atoms with van der Waals surface area (Å²) in [6.45, 7) is 4.03. The minimum absolute atomic E-state index is 0.487. The Morgan fingerprint density at radius 1 is 1.59 bits per heavy atom. The molecule has 0 saturated carbocycles. The lowest BCUT2D eigenvalue weighted by molar-refractivity contribution is -0.138. The molecule has 1 saturated heterocycles. The van der Waals surface area contributed by atoms with Gasteiger partial charge in [0.05, 0.1) is 0 Å². The molecule has 1 aliphatic heterocycles. The minimum atomic E-state index is -0.783. The molecule has 17 heavy (non-hydrogen) atoms. The third kappa shape index (κ3) is 2.61. The van der Waals surface area contributed by atoms with E-state index in [2.05, 4.69) is 21.2 Å². The summed E-state index contributed by atoms with van der Waals surface area (Å²) in [6.07, 6.45) is 0. The Labute approximate surface area is 109 Å². The van der Waals surface area contributed by atoms with Gasteiger partial charge in [-0.2, -0.15) is 0 Å². The Balaban J connectivity index is 2.29. The third-order valence-corrected chi connectivity index (χ3v) is 3.87. The van der Waals surface area contributed by atoms with Crippen molar-refractivity contribution in [3.63, 3.8) is 0 Å². The maximum atomic E-state index is 11.2. The lowest BCUT2D eigenvalue weighted by atomic mass is 10.1. The van der Waals surface area contributed by atoms with Crippen LogP contribution in [0, 0.1) is 6.92 Å². The largest absolute Gasteiger partial charge is 0.480 e. The molecule has 0 amide bonds. The molecule has 1 unspecified atom stereocenters. The average molecular weight is 299 g/mol. The van der Waals surface area contributed by atoms with Crippen LogP contribution in [0.5, 0.6) is 0 Å². The van der Waals surface area contributed by atoms with Crippen LogP contribution in [-0.2, 0) is 4.79 Å². The molecule has 1 aromatic carbocycles. The van der Waals surface area contributed by atoms with Gasteiger partial charge in [-0.3, -0.25) is 0 Å². The zero-order valence-electron chi connectivity index (χ0n) is 9.61. The van der Waals surface area contributed by atoms with Crippen molar-refractivity contribution in [2.75, 3.05) is 24.5 Å². The molecule has 0 spiro atoms. The van der Waals surface area contributed by atoms with Gasteiger partial charge in [-0.25, -0.2) is 4.79 Å². The molecule has 0 aromatic heterocycles. The Morgan fingerprint density at radius 2 is 2.35 bits per heavy atom. The minimum Gasteiger partial charge on any atom is -0.480 e. The maximum absolute atomic E-state index is 11.2. The lowest BCUT2D eigenvalue weighted by Crippen LogP contribution is -2.55. The highest BCUT2D eigenvalue weighted by Crippen LogP contribution is 2.25. The maximum Gasteiger partial charge on any atom is 0.327 e. The van der Waals surface area contributed by atoms with Crippen LogP contribution in [0.3, 0.4) is 0 Å². The van der Waals surface area contributed by atoms with E-state index in [1.807, 2.05) is 30.0 Å². The molecule has 0 aliphatic carbocycles. The predicted octanol–water partition coefficient (Wildman–Crippen LogP) is 1.62. The number of halogens is 1. The topological polar surface area (TPSA) is 52.6 Å². The van der Waals surface area contributed by atoms with Crippen molar-refractivity contribution < 1.29 is 9.90 Å². The highest BCUT2D eigenvalue weighted by atomic mass is 79.9. The molecule has 4 nitrogen and oxygen atoms in total. The number of carboxylic acid groups (broad SMARTS) is 1.